The first kappa shape index (κ1) is 21.5. The van der Waals surface area contributed by atoms with Crippen LogP contribution in [0.1, 0.15) is 46.4 Å². The predicted octanol–water partition coefficient (Wildman–Crippen LogP) is 1.68. The van der Waals surface area contributed by atoms with Crippen molar-refractivity contribution in [3.8, 4) is 0 Å². The minimum atomic E-state index is -0.440. The van der Waals surface area contributed by atoms with E-state index in [9.17, 15) is 14.4 Å². The van der Waals surface area contributed by atoms with E-state index in [4.69, 9.17) is 0 Å². The monoisotopic (exact) mass is 419 g/mol. The van der Waals surface area contributed by atoms with Crippen LogP contribution < -0.4 is 11.2 Å². The fourth-order valence-electron chi connectivity index (χ4n) is 3.51. The molecule has 1 amide bonds. The minimum absolute atomic E-state index is 0.0484. The number of piperidine rings is 1. The lowest BCUT2D eigenvalue weighted by Gasteiger charge is -2.30. The Morgan fingerprint density at radius 3 is 2.48 bits per heavy atom. The van der Waals surface area contributed by atoms with Crippen molar-refractivity contribution in [3.63, 3.8) is 0 Å². The van der Waals surface area contributed by atoms with Crippen LogP contribution in [-0.2, 0) is 24.3 Å². The summed E-state index contributed by atoms with van der Waals surface area (Å²) in [6.45, 7) is 9.63. The number of thioether (sulfide) groups is 1. The average molecular weight is 420 g/mol. The Kier molecular flexibility index (Phi) is 5.89. The molecular formula is C20H29N5O3S. The number of aryl methyl sites for hydroxylation is 1. The van der Waals surface area contributed by atoms with Gasteiger partial charge in [0.15, 0.2) is 5.65 Å². The maximum atomic E-state index is 12.8. The second-order valence-corrected chi connectivity index (χ2v) is 9.85. The van der Waals surface area contributed by atoms with Gasteiger partial charge in [0, 0.05) is 32.6 Å². The van der Waals surface area contributed by atoms with E-state index in [0.29, 0.717) is 22.4 Å². The summed E-state index contributed by atoms with van der Waals surface area (Å²) < 4.78 is 2.42. The molecular weight excluding hydrogens is 390 g/mol. The van der Waals surface area contributed by atoms with Gasteiger partial charge in [-0.15, -0.1) is 0 Å². The lowest BCUT2D eigenvalue weighted by Crippen LogP contribution is -2.40. The first-order valence-corrected chi connectivity index (χ1v) is 10.9. The fourth-order valence-corrected chi connectivity index (χ4v) is 4.42. The quantitative estimate of drug-likeness (QED) is 0.555. The molecule has 0 N–H and O–H groups in total. The van der Waals surface area contributed by atoms with Gasteiger partial charge in [0.1, 0.15) is 16.2 Å². The van der Waals surface area contributed by atoms with E-state index in [0.717, 1.165) is 30.5 Å². The zero-order valence-electron chi connectivity index (χ0n) is 18.0. The first-order chi connectivity index (χ1) is 13.5. The second kappa shape index (κ2) is 7.93. The van der Waals surface area contributed by atoms with Gasteiger partial charge in [-0.05, 0) is 18.8 Å². The molecule has 2 aromatic heterocycles. The molecule has 158 valence electrons. The number of hydrogen-bond donors (Lipinski definition) is 0. The van der Waals surface area contributed by atoms with Gasteiger partial charge >= 0.3 is 5.69 Å². The van der Waals surface area contributed by atoms with Gasteiger partial charge in [0.05, 0.1) is 5.75 Å². The molecule has 0 saturated carbocycles. The Morgan fingerprint density at radius 1 is 1.17 bits per heavy atom. The van der Waals surface area contributed by atoms with E-state index in [1.165, 1.54) is 23.4 Å². The van der Waals surface area contributed by atoms with E-state index in [2.05, 4.69) is 16.9 Å². The Bertz CT molecular complexity index is 1070. The SMILES string of the molecule is CC1CCCN(C(=O)CSc2nc(C(C)(C)C)nc3c2c(=O)n(C)c(=O)n3C)C1. The lowest BCUT2D eigenvalue weighted by atomic mass is 9.96. The van der Waals surface area contributed by atoms with Gasteiger partial charge in [-0.2, -0.15) is 0 Å². The van der Waals surface area contributed by atoms with Crippen molar-refractivity contribution in [1.29, 1.82) is 0 Å². The van der Waals surface area contributed by atoms with Gasteiger partial charge in [-0.25, -0.2) is 14.8 Å². The molecule has 0 bridgehead atoms. The zero-order valence-corrected chi connectivity index (χ0v) is 18.8. The van der Waals surface area contributed by atoms with Crippen LogP contribution in [0, 0.1) is 5.92 Å². The minimum Gasteiger partial charge on any atom is -0.342 e. The van der Waals surface area contributed by atoms with E-state index in [1.807, 2.05) is 25.7 Å². The number of rotatable bonds is 3. The number of nitrogens with zero attached hydrogens (tertiary/aromatic N) is 5. The molecule has 0 spiro atoms. The molecule has 29 heavy (non-hydrogen) atoms. The lowest BCUT2D eigenvalue weighted by molar-refractivity contribution is -0.130. The van der Waals surface area contributed by atoms with Crippen LogP contribution in [0.15, 0.2) is 14.6 Å². The molecule has 8 nitrogen and oxygen atoms in total. The van der Waals surface area contributed by atoms with Crippen molar-refractivity contribution < 1.29 is 4.79 Å². The van der Waals surface area contributed by atoms with Crippen molar-refractivity contribution in [1.82, 2.24) is 24.0 Å². The largest absolute Gasteiger partial charge is 0.342 e. The van der Waals surface area contributed by atoms with Gasteiger partial charge in [0.2, 0.25) is 5.91 Å². The Labute approximate surface area is 174 Å². The van der Waals surface area contributed by atoms with Crippen LogP contribution in [0.3, 0.4) is 0 Å². The first-order valence-electron chi connectivity index (χ1n) is 9.89. The number of carbonyl (C=O) groups is 1. The summed E-state index contributed by atoms with van der Waals surface area (Å²) in [6.07, 6.45) is 2.16. The molecule has 2 aromatic rings. The zero-order chi connectivity index (χ0) is 21.5. The number of hydrogen-bond acceptors (Lipinski definition) is 6. The van der Waals surface area contributed by atoms with Crippen LogP contribution in [0.5, 0.6) is 0 Å². The van der Waals surface area contributed by atoms with Crippen LogP contribution >= 0.6 is 11.8 Å². The van der Waals surface area contributed by atoms with Gasteiger partial charge < -0.3 is 4.90 Å². The molecule has 1 unspecified atom stereocenters. The Balaban J connectivity index is 2.05. The number of carbonyl (C=O) groups excluding carboxylic acids is 1. The van der Waals surface area contributed by atoms with Crippen molar-refractivity contribution >= 4 is 28.7 Å². The third-order valence-corrected chi connectivity index (χ3v) is 6.24. The normalized spacial score (nSPS) is 17.7. The summed E-state index contributed by atoms with van der Waals surface area (Å²) in [7, 11) is 3.04. The van der Waals surface area contributed by atoms with Crippen LogP contribution in [0.4, 0.5) is 0 Å². The fraction of sp³-hybridized carbons (Fsp3) is 0.650. The van der Waals surface area contributed by atoms with E-state index in [1.54, 1.807) is 7.05 Å². The van der Waals surface area contributed by atoms with Crippen molar-refractivity contribution in [2.45, 2.75) is 51.0 Å². The highest BCUT2D eigenvalue weighted by Crippen LogP contribution is 2.27. The van der Waals surface area contributed by atoms with Crippen molar-refractivity contribution in [3.05, 3.63) is 26.7 Å². The maximum absolute atomic E-state index is 12.8. The summed E-state index contributed by atoms with van der Waals surface area (Å²) in [5.74, 6) is 1.29. The van der Waals surface area contributed by atoms with Crippen LogP contribution in [0.2, 0.25) is 0 Å². The van der Waals surface area contributed by atoms with Gasteiger partial charge in [-0.1, -0.05) is 39.5 Å². The predicted molar refractivity (Wildman–Crippen MR) is 114 cm³/mol. The smallest absolute Gasteiger partial charge is 0.332 e. The number of fused-ring (bicyclic) bond motifs is 1. The molecule has 3 rings (SSSR count). The molecule has 1 atom stereocenters. The van der Waals surface area contributed by atoms with E-state index in [-0.39, 0.29) is 22.5 Å². The summed E-state index contributed by atoms with van der Waals surface area (Å²) >= 11 is 1.25. The Morgan fingerprint density at radius 2 is 1.86 bits per heavy atom. The summed E-state index contributed by atoms with van der Waals surface area (Å²) in [4.78, 5) is 49.0. The molecule has 1 aliphatic heterocycles. The highest BCUT2D eigenvalue weighted by Gasteiger charge is 2.25. The van der Waals surface area contributed by atoms with Gasteiger partial charge in [0.25, 0.3) is 5.56 Å². The number of likely N-dealkylation sites (tertiary alicyclic amines) is 1. The highest BCUT2D eigenvalue weighted by atomic mass is 32.2. The van der Waals surface area contributed by atoms with Gasteiger partial charge in [-0.3, -0.25) is 18.7 Å². The molecule has 1 fully saturated rings. The molecule has 1 saturated heterocycles. The molecule has 0 radical (unpaired) electrons. The number of aromatic nitrogens is 4. The van der Waals surface area contributed by atoms with E-state index >= 15 is 0 Å². The number of amides is 1. The third-order valence-electron chi connectivity index (χ3n) is 5.28. The van der Waals surface area contributed by atoms with Crippen LogP contribution in [0.25, 0.3) is 11.0 Å². The molecule has 0 aromatic carbocycles. The molecule has 0 aliphatic carbocycles. The Hall–Kier alpha value is -2.16. The average Bonchev–Trinajstić information content (AvgIpc) is 2.67. The molecule has 9 heteroatoms. The third kappa shape index (κ3) is 4.24. The van der Waals surface area contributed by atoms with Crippen molar-refractivity contribution in [2.24, 2.45) is 20.0 Å². The van der Waals surface area contributed by atoms with Crippen molar-refractivity contribution in [2.75, 3.05) is 18.8 Å². The summed E-state index contributed by atoms with van der Waals surface area (Å²) in [6, 6.07) is 0. The summed E-state index contributed by atoms with van der Waals surface area (Å²) in [5, 5.41) is 0.738. The summed E-state index contributed by atoms with van der Waals surface area (Å²) in [5.41, 5.74) is -0.938. The van der Waals surface area contributed by atoms with E-state index < -0.39 is 11.2 Å². The van der Waals surface area contributed by atoms with Crippen LogP contribution in [-0.4, -0.2) is 48.8 Å². The topological polar surface area (TPSA) is 90.1 Å². The second-order valence-electron chi connectivity index (χ2n) is 8.88. The maximum Gasteiger partial charge on any atom is 0.332 e. The molecule has 1 aliphatic rings. The highest BCUT2D eigenvalue weighted by molar-refractivity contribution is 8.00. The standard InChI is InChI=1S/C20H29N5O3S/c1-12-8-7-9-25(10-12)13(26)11-29-16-14-15(21-18(22-16)20(2,3)4)23(5)19(28)24(6)17(14)27/h12H,7-11H2,1-6H3. The molecule has 3 heterocycles.